The van der Waals surface area contributed by atoms with Crippen molar-refractivity contribution >= 4 is 0 Å². The minimum atomic E-state index is 0.747. The van der Waals surface area contributed by atoms with E-state index in [1.807, 2.05) is 18.6 Å². The minimum absolute atomic E-state index is 0.747. The number of benzene rings is 1. The van der Waals surface area contributed by atoms with Gasteiger partial charge < -0.3 is 0 Å². The zero-order chi connectivity index (χ0) is 21.7. The van der Waals surface area contributed by atoms with E-state index in [4.69, 9.17) is 0 Å². The molecule has 3 rings (SSSR count). The Kier molecular flexibility index (Phi) is 9.69. The Morgan fingerprint density at radius 1 is 0.516 bits per heavy atom. The molecule has 0 aliphatic carbocycles. The van der Waals surface area contributed by atoms with Crippen molar-refractivity contribution in [3.05, 3.63) is 66.1 Å². The molecule has 0 spiro atoms. The Balaban J connectivity index is 1.50. The molecule has 2 aromatic heterocycles. The molecule has 0 amide bonds. The zero-order valence-electron chi connectivity index (χ0n) is 19.3. The van der Waals surface area contributed by atoms with Crippen LogP contribution in [-0.4, -0.2) is 15.0 Å². The van der Waals surface area contributed by atoms with Gasteiger partial charge in [-0.05, 0) is 48.9 Å². The summed E-state index contributed by atoms with van der Waals surface area (Å²) in [6.45, 7) is 4.49. The molecular formula is C28H37N3. The largest absolute Gasteiger partial charge is 0.255 e. The van der Waals surface area contributed by atoms with Crippen LogP contribution in [0.25, 0.3) is 22.6 Å². The van der Waals surface area contributed by atoms with E-state index >= 15 is 0 Å². The summed E-state index contributed by atoms with van der Waals surface area (Å²) in [6.07, 6.45) is 19.8. The van der Waals surface area contributed by atoms with Crippen LogP contribution in [0.1, 0.15) is 82.8 Å². The Bertz CT molecular complexity index is 868. The van der Waals surface area contributed by atoms with Crippen molar-refractivity contribution in [2.45, 2.75) is 84.5 Å². The smallest absolute Gasteiger partial charge is 0.160 e. The van der Waals surface area contributed by atoms with Crippen molar-refractivity contribution in [1.29, 1.82) is 0 Å². The molecule has 0 unspecified atom stereocenters. The molecular weight excluding hydrogens is 378 g/mol. The van der Waals surface area contributed by atoms with E-state index < -0.39 is 0 Å². The first-order valence-corrected chi connectivity index (χ1v) is 12.2. The van der Waals surface area contributed by atoms with Crippen LogP contribution in [0, 0.1) is 0 Å². The van der Waals surface area contributed by atoms with E-state index in [1.165, 1.54) is 68.9 Å². The molecule has 0 saturated carbocycles. The predicted molar refractivity (Wildman–Crippen MR) is 131 cm³/mol. The first kappa shape index (κ1) is 23.1. The minimum Gasteiger partial charge on any atom is -0.255 e. The maximum atomic E-state index is 4.65. The van der Waals surface area contributed by atoms with E-state index in [1.54, 1.807) is 0 Å². The number of hydrogen-bond acceptors (Lipinski definition) is 3. The Hall–Kier alpha value is -2.55. The van der Waals surface area contributed by atoms with Gasteiger partial charge in [0.05, 0.1) is 5.69 Å². The molecule has 3 heteroatoms. The lowest BCUT2D eigenvalue weighted by molar-refractivity contribution is 0.589. The fraction of sp³-hybridized carbons (Fsp3) is 0.464. The lowest BCUT2D eigenvalue weighted by Gasteiger charge is -2.06. The van der Waals surface area contributed by atoms with Gasteiger partial charge in [0, 0.05) is 29.7 Å². The SMILES string of the molecule is CCCCCCCCCc1cnc(-c2ccc(-c3ccc(CCCC)cc3)nc2)nc1. The quantitative estimate of drug-likeness (QED) is 0.267. The highest BCUT2D eigenvalue weighted by Crippen LogP contribution is 2.21. The van der Waals surface area contributed by atoms with Gasteiger partial charge in [-0.15, -0.1) is 0 Å². The van der Waals surface area contributed by atoms with Crippen molar-refractivity contribution in [3.63, 3.8) is 0 Å². The molecule has 0 N–H and O–H groups in total. The third-order valence-electron chi connectivity index (χ3n) is 5.86. The standard InChI is InChI=1S/C28H37N3/c1-3-5-7-8-9-10-11-13-24-20-30-28(31-21-24)26-18-19-27(29-22-26)25-16-14-23(15-17-25)12-6-4-2/h14-22H,3-13H2,1-2H3. The summed E-state index contributed by atoms with van der Waals surface area (Å²) in [5.74, 6) is 0.747. The molecule has 1 aromatic carbocycles. The highest BCUT2D eigenvalue weighted by atomic mass is 14.9. The summed E-state index contributed by atoms with van der Waals surface area (Å²) in [6, 6.07) is 12.9. The normalized spacial score (nSPS) is 11.0. The average molecular weight is 416 g/mol. The van der Waals surface area contributed by atoms with Crippen LogP contribution in [0.5, 0.6) is 0 Å². The van der Waals surface area contributed by atoms with Crippen molar-refractivity contribution in [1.82, 2.24) is 15.0 Å². The topological polar surface area (TPSA) is 38.7 Å². The Labute approximate surface area is 188 Å². The van der Waals surface area contributed by atoms with E-state index in [-0.39, 0.29) is 0 Å². The van der Waals surface area contributed by atoms with Crippen LogP contribution in [0.4, 0.5) is 0 Å². The van der Waals surface area contributed by atoms with Gasteiger partial charge >= 0.3 is 0 Å². The third kappa shape index (κ3) is 7.57. The van der Waals surface area contributed by atoms with Crippen LogP contribution in [-0.2, 0) is 12.8 Å². The number of nitrogens with zero attached hydrogens (tertiary/aromatic N) is 3. The summed E-state index contributed by atoms with van der Waals surface area (Å²) >= 11 is 0. The van der Waals surface area contributed by atoms with Crippen LogP contribution in [0.15, 0.2) is 55.0 Å². The molecule has 0 fully saturated rings. The van der Waals surface area contributed by atoms with Crippen molar-refractivity contribution in [2.24, 2.45) is 0 Å². The van der Waals surface area contributed by atoms with Gasteiger partial charge in [0.2, 0.25) is 0 Å². The van der Waals surface area contributed by atoms with Gasteiger partial charge in [0.25, 0.3) is 0 Å². The van der Waals surface area contributed by atoms with Crippen LogP contribution >= 0.6 is 0 Å². The van der Waals surface area contributed by atoms with Gasteiger partial charge in [-0.3, -0.25) is 4.98 Å². The molecule has 0 atom stereocenters. The summed E-state index contributed by atoms with van der Waals surface area (Å²) in [7, 11) is 0. The monoisotopic (exact) mass is 415 g/mol. The lowest BCUT2D eigenvalue weighted by Crippen LogP contribution is -1.94. The second kappa shape index (κ2) is 13.0. The maximum Gasteiger partial charge on any atom is 0.160 e. The Morgan fingerprint density at radius 3 is 1.77 bits per heavy atom. The second-order valence-electron chi connectivity index (χ2n) is 8.52. The fourth-order valence-corrected chi connectivity index (χ4v) is 3.84. The summed E-state index contributed by atoms with van der Waals surface area (Å²) in [5.41, 5.74) is 5.72. The number of hydrogen-bond donors (Lipinski definition) is 0. The van der Waals surface area contributed by atoms with Gasteiger partial charge in [-0.25, -0.2) is 9.97 Å². The Morgan fingerprint density at radius 2 is 1.13 bits per heavy atom. The first-order valence-electron chi connectivity index (χ1n) is 12.2. The molecule has 0 saturated heterocycles. The van der Waals surface area contributed by atoms with Gasteiger partial charge in [0.1, 0.15) is 0 Å². The second-order valence-corrected chi connectivity index (χ2v) is 8.52. The highest BCUT2D eigenvalue weighted by Gasteiger charge is 2.05. The van der Waals surface area contributed by atoms with Crippen LogP contribution < -0.4 is 0 Å². The maximum absolute atomic E-state index is 4.65. The van der Waals surface area contributed by atoms with Crippen LogP contribution in [0.3, 0.4) is 0 Å². The first-order chi connectivity index (χ1) is 15.3. The fourth-order valence-electron chi connectivity index (χ4n) is 3.84. The molecule has 31 heavy (non-hydrogen) atoms. The number of pyridine rings is 1. The average Bonchev–Trinajstić information content (AvgIpc) is 2.83. The van der Waals surface area contributed by atoms with Crippen molar-refractivity contribution < 1.29 is 0 Å². The molecule has 3 aromatic rings. The number of aryl methyl sites for hydroxylation is 2. The molecule has 3 nitrogen and oxygen atoms in total. The molecule has 0 radical (unpaired) electrons. The van der Waals surface area contributed by atoms with E-state index in [0.29, 0.717) is 0 Å². The molecule has 2 heterocycles. The number of aromatic nitrogens is 3. The van der Waals surface area contributed by atoms with E-state index in [2.05, 4.69) is 65.2 Å². The van der Waals surface area contributed by atoms with Crippen molar-refractivity contribution in [3.8, 4) is 22.6 Å². The van der Waals surface area contributed by atoms with Gasteiger partial charge in [-0.2, -0.15) is 0 Å². The molecule has 0 aliphatic rings. The van der Waals surface area contributed by atoms with Crippen molar-refractivity contribution in [2.75, 3.05) is 0 Å². The summed E-state index contributed by atoms with van der Waals surface area (Å²) in [5, 5.41) is 0. The molecule has 0 bridgehead atoms. The molecule has 164 valence electrons. The summed E-state index contributed by atoms with van der Waals surface area (Å²) < 4.78 is 0. The van der Waals surface area contributed by atoms with Gasteiger partial charge in [0.15, 0.2) is 5.82 Å². The predicted octanol–water partition coefficient (Wildman–Crippen LogP) is 7.84. The number of rotatable bonds is 13. The molecule has 0 aliphatic heterocycles. The zero-order valence-corrected chi connectivity index (χ0v) is 19.3. The number of unbranched alkanes of at least 4 members (excludes halogenated alkanes) is 7. The highest BCUT2D eigenvalue weighted by molar-refractivity contribution is 5.63. The van der Waals surface area contributed by atoms with Gasteiger partial charge in [-0.1, -0.05) is 83.1 Å². The lowest BCUT2D eigenvalue weighted by atomic mass is 10.0. The summed E-state index contributed by atoms with van der Waals surface area (Å²) in [4.78, 5) is 13.8. The van der Waals surface area contributed by atoms with E-state index in [9.17, 15) is 0 Å². The van der Waals surface area contributed by atoms with Crippen LogP contribution in [0.2, 0.25) is 0 Å². The van der Waals surface area contributed by atoms with E-state index in [0.717, 1.165) is 35.5 Å². The third-order valence-corrected chi connectivity index (χ3v) is 5.86.